The topological polar surface area (TPSA) is 50.2 Å². The summed E-state index contributed by atoms with van der Waals surface area (Å²) >= 11 is 0. The third-order valence-electron chi connectivity index (χ3n) is 5.06. The van der Waals surface area contributed by atoms with Crippen LogP contribution in [0.4, 0.5) is 22.1 Å². The lowest BCUT2D eigenvalue weighted by Gasteiger charge is -2.24. The van der Waals surface area contributed by atoms with Crippen molar-refractivity contribution in [2.75, 3.05) is 10.2 Å². The summed E-state index contributed by atoms with van der Waals surface area (Å²) in [5, 5.41) is 2.99. The van der Waals surface area contributed by atoms with Gasteiger partial charge in [-0.25, -0.2) is 14.7 Å². The minimum absolute atomic E-state index is 0.258. The fourth-order valence-electron chi connectivity index (χ4n) is 3.36. The number of carbonyl (C=O) groups excluding carboxylic acids is 1. The Morgan fingerprint density at radius 2 is 1.43 bits per heavy atom. The minimum Gasteiger partial charge on any atom is -0.309 e. The van der Waals surface area contributed by atoms with Crippen molar-refractivity contribution in [2.45, 2.75) is 20.4 Å². The highest BCUT2D eigenvalue weighted by atomic mass is 16.2. The summed E-state index contributed by atoms with van der Waals surface area (Å²) in [4.78, 5) is 19.8. The van der Waals surface area contributed by atoms with Crippen molar-refractivity contribution in [3.63, 3.8) is 0 Å². The number of nitrogens with one attached hydrogen (secondary N) is 1. The van der Waals surface area contributed by atoms with Crippen LogP contribution in [0, 0.1) is 13.8 Å². The number of anilines is 3. The van der Waals surface area contributed by atoms with Crippen LogP contribution in [0.5, 0.6) is 0 Å². The lowest BCUT2D eigenvalue weighted by atomic mass is 10.2. The number of para-hydroxylation sites is 2. The lowest BCUT2D eigenvalue weighted by Crippen LogP contribution is -2.33. The maximum absolute atomic E-state index is 13.4. The highest BCUT2D eigenvalue weighted by Crippen LogP contribution is 2.28. The van der Waals surface area contributed by atoms with Gasteiger partial charge >= 0.3 is 6.03 Å². The zero-order valence-corrected chi connectivity index (χ0v) is 17.1. The number of carbonyl (C=O) groups is 1. The van der Waals surface area contributed by atoms with Gasteiger partial charge in [-0.2, -0.15) is 0 Å². The largest absolute Gasteiger partial charge is 0.333 e. The predicted octanol–water partition coefficient (Wildman–Crippen LogP) is 5.92. The van der Waals surface area contributed by atoms with E-state index < -0.39 is 0 Å². The maximum Gasteiger partial charge on any atom is 0.333 e. The molecule has 0 atom stereocenters. The van der Waals surface area contributed by atoms with Crippen LogP contribution in [0.15, 0.2) is 91.0 Å². The third kappa shape index (κ3) is 4.10. The SMILES string of the molecule is Cc1nc(N(C(=O)Nc2ccccc2)c2ccccc2)n(Cc2ccccc2)c1C. The minimum atomic E-state index is -0.258. The van der Waals surface area contributed by atoms with Crippen molar-refractivity contribution < 1.29 is 4.79 Å². The molecule has 150 valence electrons. The number of aromatic nitrogens is 2. The molecule has 0 radical (unpaired) electrons. The van der Waals surface area contributed by atoms with E-state index in [1.54, 1.807) is 4.90 Å². The molecule has 0 spiro atoms. The summed E-state index contributed by atoms with van der Waals surface area (Å²) in [6, 6.07) is 29.0. The van der Waals surface area contributed by atoms with E-state index in [9.17, 15) is 4.79 Å². The normalized spacial score (nSPS) is 10.6. The van der Waals surface area contributed by atoms with Gasteiger partial charge in [-0.1, -0.05) is 66.7 Å². The van der Waals surface area contributed by atoms with Gasteiger partial charge in [-0.15, -0.1) is 0 Å². The highest BCUT2D eigenvalue weighted by Gasteiger charge is 2.25. The molecule has 30 heavy (non-hydrogen) atoms. The quantitative estimate of drug-likeness (QED) is 0.455. The molecule has 0 unspecified atom stereocenters. The molecule has 0 aliphatic rings. The summed E-state index contributed by atoms with van der Waals surface area (Å²) < 4.78 is 2.09. The Balaban J connectivity index is 1.78. The Kier molecular flexibility index (Phi) is 5.61. The molecule has 4 rings (SSSR count). The third-order valence-corrected chi connectivity index (χ3v) is 5.06. The van der Waals surface area contributed by atoms with E-state index in [1.807, 2.05) is 92.7 Å². The van der Waals surface area contributed by atoms with Gasteiger partial charge in [0.2, 0.25) is 5.95 Å². The number of urea groups is 1. The second kappa shape index (κ2) is 8.66. The Hall–Kier alpha value is -3.86. The zero-order valence-electron chi connectivity index (χ0n) is 17.1. The molecule has 0 bridgehead atoms. The lowest BCUT2D eigenvalue weighted by molar-refractivity contribution is 0.258. The average Bonchev–Trinajstić information content (AvgIpc) is 3.04. The van der Waals surface area contributed by atoms with Gasteiger partial charge in [0, 0.05) is 11.4 Å². The van der Waals surface area contributed by atoms with Crippen LogP contribution >= 0.6 is 0 Å². The van der Waals surface area contributed by atoms with Crippen LogP contribution in [-0.2, 0) is 6.54 Å². The molecule has 5 nitrogen and oxygen atoms in total. The summed E-state index contributed by atoms with van der Waals surface area (Å²) in [5.74, 6) is 0.591. The van der Waals surface area contributed by atoms with Crippen molar-refractivity contribution in [2.24, 2.45) is 0 Å². The number of amides is 2. The molecule has 0 saturated heterocycles. The number of aryl methyl sites for hydroxylation is 1. The monoisotopic (exact) mass is 396 g/mol. The average molecular weight is 396 g/mol. The van der Waals surface area contributed by atoms with Crippen LogP contribution in [0.1, 0.15) is 17.0 Å². The summed E-state index contributed by atoms with van der Waals surface area (Å²) in [7, 11) is 0. The molecule has 2 amide bonds. The summed E-state index contributed by atoms with van der Waals surface area (Å²) in [6.07, 6.45) is 0. The van der Waals surface area contributed by atoms with Gasteiger partial charge in [-0.3, -0.25) is 0 Å². The van der Waals surface area contributed by atoms with Gasteiger partial charge in [0.15, 0.2) is 0 Å². The van der Waals surface area contributed by atoms with E-state index in [0.717, 1.165) is 28.3 Å². The Morgan fingerprint density at radius 1 is 0.867 bits per heavy atom. The van der Waals surface area contributed by atoms with E-state index in [1.165, 1.54) is 0 Å². The molecule has 0 fully saturated rings. The first-order valence-corrected chi connectivity index (χ1v) is 9.92. The Labute approximate surface area is 176 Å². The maximum atomic E-state index is 13.4. The molecule has 0 saturated carbocycles. The first-order chi connectivity index (χ1) is 14.6. The predicted molar refractivity (Wildman–Crippen MR) is 121 cm³/mol. The zero-order chi connectivity index (χ0) is 20.9. The molecule has 3 aromatic carbocycles. The number of rotatable bonds is 5. The van der Waals surface area contributed by atoms with Crippen LogP contribution in [0.25, 0.3) is 0 Å². The van der Waals surface area contributed by atoms with E-state index in [4.69, 9.17) is 4.98 Å². The highest BCUT2D eigenvalue weighted by molar-refractivity contribution is 6.06. The van der Waals surface area contributed by atoms with Gasteiger partial charge in [0.05, 0.1) is 17.9 Å². The first-order valence-electron chi connectivity index (χ1n) is 9.92. The summed E-state index contributed by atoms with van der Waals surface area (Å²) in [5.41, 5.74) is 4.57. The summed E-state index contributed by atoms with van der Waals surface area (Å²) in [6.45, 7) is 4.64. The van der Waals surface area contributed by atoms with Crippen LogP contribution in [0.2, 0.25) is 0 Å². The van der Waals surface area contributed by atoms with E-state index in [2.05, 4.69) is 22.0 Å². The molecule has 0 aliphatic heterocycles. The van der Waals surface area contributed by atoms with E-state index in [0.29, 0.717) is 12.5 Å². The van der Waals surface area contributed by atoms with Gasteiger partial charge in [-0.05, 0) is 43.7 Å². The van der Waals surface area contributed by atoms with Crippen molar-refractivity contribution >= 4 is 23.4 Å². The number of nitrogens with zero attached hydrogens (tertiary/aromatic N) is 3. The molecule has 1 heterocycles. The number of benzene rings is 3. The van der Waals surface area contributed by atoms with Crippen LogP contribution in [-0.4, -0.2) is 15.6 Å². The number of hydrogen-bond donors (Lipinski definition) is 1. The van der Waals surface area contributed by atoms with E-state index in [-0.39, 0.29) is 6.03 Å². The molecule has 5 heteroatoms. The Bertz CT molecular complexity index is 1120. The van der Waals surface area contributed by atoms with Gasteiger partial charge < -0.3 is 9.88 Å². The van der Waals surface area contributed by atoms with Gasteiger partial charge in [0.1, 0.15) is 0 Å². The smallest absolute Gasteiger partial charge is 0.309 e. The Morgan fingerprint density at radius 3 is 2.07 bits per heavy atom. The molecule has 1 aromatic heterocycles. The fraction of sp³-hybridized carbons (Fsp3) is 0.120. The molecule has 4 aromatic rings. The van der Waals surface area contributed by atoms with Crippen LogP contribution in [0.3, 0.4) is 0 Å². The number of imidazole rings is 1. The molecular weight excluding hydrogens is 372 g/mol. The van der Waals surface area contributed by atoms with Crippen LogP contribution < -0.4 is 10.2 Å². The molecule has 1 N–H and O–H groups in total. The second-order valence-corrected chi connectivity index (χ2v) is 7.12. The van der Waals surface area contributed by atoms with Crippen molar-refractivity contribution in [1.82, 2.24) is 9.55 Å². The molecular formula is C25H24N4O. The fourth-order valence-corrected chi connectivity index (χ4v) is 3.36. The second-order valence-electron chi connectivity index (χ2n) is 7.12. The molecule has 0 aliphatic carbocycles. The van der Waals surface area contributed by atoms with E-state index >= 15 is 0 Å². The number of hydrogen-bond acceptors (Lipinski definition) is 2. The van der Waals surface area contributed by atoms with Crippen molar-refractivity contribution in [3.8, 4) is 0 Å². The van der Waals surface area contributed by atoms with Crippen molar-refractivity contribution in [3.05, 3.63) is 108 Å². The van der Waals surface area contributed by atoms with Gasteiger partial charge in [0.25, 0.3) is 0 Å². The first kappa shape index (κ1) is 19.5. The standard InChI is InChI=1S/C25H24N4O/c1-19-20(2)28(18-21-12-6-3-7-13-21)24(26-19)29(23-16-10-5-11-17-23)25(30)27-22-14-8-4-9-15-22/h3-17H,18H2,1-2H3,(H,27,30). The van der Waals surface area contributed by atoms with Crippen molar-refractivity contribution in [1.29, 1.82) is 0 Å².